The van der Waals surface area contributed by atoms with Crippen LogP contribution in [0.25, 0.3) is 0 Å². The maximum Gasteiger partial charge on any atom is 0.262 e. The number of hydrogen-bond donors (Lipinski definition) is 1. The van der Waals surface area contributed by atoms with E-state index in [0.717, 1.165) is 25.2 Å². The van der Waals surface area contributed by atoms with E-state index in [2.05, 4.69) is 36.3 Å². The summed E-state index contributed by atoms with van der Waals surface area (Å²) >= 11 is 3.45. The van der Waals surface area contributed by atoms with Crippen LogP contribution in [0.4, 0.5) is 11.5 Å². The van der Waals surface area contributed by atoms with Crippen molar-refractivity contribution in [2.24, 2.45) is 0 Å². The highest BCUT2D eigenvalue weighted by atomic mass is 79.9. The van der Waals surface area contributed by atoms with Gasteiger partial charge in [0.1, 0.15) is 5.75 Å². The molecule has 1 atom stereocenters. The Hall–Kier alpha value is -2.68. The molecule has 0 radical (unpaired) electrons. The predicted molar refractivity (Wildman–Crippen MR) is 108 cm³/mol. The fraction of sp³-hybridized carbons (Fsp3) is 0.368. The number of carbonyl (C=O) groups is 2. The number of halogens is 1. The fourth-order valence-electron chi connectivity index (χ4n) is 3.56. The monoisotopic (exact) mass is 445 g/mol. The van der Waals surface area contributed by atoms with E-state index in [1.807, 2.05) is 19.2 Å². The van der Waals surface area contributed by atoms with Crippen LogP contribution in [0.5, 0.6) is 5.75 Å². The number of ether oxygens (including phenoxy) is 1. The molecule has 3 heterocycles. The highest BCUT2D eigenvalue weighted by molar-refractivity contribution is 9.10. The smallest absolute Gasteiger partial charge is 0.262 e. The molecular weight excluding hydrogens is 426 g/mol. The van der Waals surface area contributed by atoms with Gasteiger partial charge in [-0.25, -0.2) is 0 Å². The summed E-state index contributed by atoms with van der Waals surface area (Å²) in [6, 6.07) is 7.25. The second kappa shape index (κ2) is 7.75. The summed E-state index contributed by atoms with van der Waals surface area (Å²) in [5, 5.41) is 10.9. The van der Waals surface area contributed by atoms with Crippen LogP contribution < -0.4 is 15.0 Å². The van der Waals surface area contributed by atoms with Gasteiger partial charge in [0.15, 0.2) is 12.4 Å². The molecule has 0 saturated carbocycles. The van der Waals surface area contributed by atoms with E-state index in [1.54, 1.807) is 23.2 Å². The van der Waals surface area contributed by atoms with Crippen molar-refractivity contribution in [3.8, 4) is 5.75 Å². The maximum absolute atomic E-state index is 13.2. The van der Waals surface area contributed by atoms with Gasteiger partial charge in [-0.1, -0.05) is 0 Å². The standard InChI is InChI=1S/C19H20BrN5O3/c1-24(12-4-3-7-25(10-12)17-5-2-6-21-23-17)19(27)13-8-16-15(9-14(13)20)22-18(26)11-28-16/h2,5-6,8-9,12H,3-4,7,10-11H2,1H3,(H,22,26). The van der Waals surface area contributed by atoms with Crippen molar-refractivity contribution < 1.29 is 14.3 Å². The van der Waals surface area contributed by atoms with E-state index < -0.39 is 0 Å². The van der Waals surface area contributed by atoms with E-state index in [9.17, 15) is 9.59 Å². The van der Waals surface area contributed by atoms with Crippen LogP contribution in [0.15, 0.2) is 34.9 Å². The van der Waals surface area contributed by atoms with Crippen molar-refractivity contribution in [1.82, 2.24) is 15.1 Å². The van der Waals surface area contributed by atoms with Crippen LogP contribution in [-0.2, 0) is 4.79 Å². The normalized spacial score (nSPS) is 18.7. The molecule has 1 fully saturated rings. The number of nitrogens with zero attached hydrogens (tertiary/aromatic N) is 4. The number of carbonyl (C=O) groups excluding carboxylic acids is 2. The molecule has 2 aliphatic rings. The third-order valence-corrected chi connectivity index (χ3v) is 5.74. The number of aromatic nitrogens is 2. The minimum atomic E-state index is -0.207. The minimum absolute atomic E-state index is 0.0478. The van der Waals surface area contributed by atoms with Crippen LogP contribution in [-0.4, -0.2) is 59.7 Å². The number of amides is 2. The first-order valence-electron chi connectivity index (χ1n) is 9.09. The van der Waals surface area contributed by atoms with Gasteiger partial charge in [0.2, 0.25) is 0 Å². The molecule has 8 nitrogen and oxygen atoms in total. The number of benzene rings is 1. The van der Waals surface area contributed by atoms with Crippen molar-refractivity contribution in [3.63, 3.8) is 0 Å². The Kier molecular flexibility index (Phi) is 5.17. The maximum atomic E-state index is 13.2. The predicted octanol–water partition coefficient (Wildman–Crippen LogP) is 2.31. The van der Waals surface area contributed by atoms with Crippen molar-refractivity contribution in [1.29, 1.82) is 0 Å². The van der Waals surface area contributed by atoms with E-state index in [4.69, 9.17) is 4.74 Å². The first-order chi connectivity index (χ1) is 13.5. The molecule has 1 N–H and O–H groups in total. The number of likely N-dealkylation sites (N-methyl/N-ethyl adjacent to an activating group) is 1. The van der Waals surface area contributed by atoms with Gasteiger partial charge in [0, 0.05) is 36.8 Å². The molecule has 1 saturated heterocycles. The molecule has 1 aromatic carbocycles. The second-order valence-corrected chi connectivity index (χ2v) is 7.76. The van der Waals surface area contributed by atoms with Gasteiger partial charge in [-0.15, -0.1) is 5.10 Å². The van der Waals surface area contributed by atoms with Crippen LogP contribution >= 0.6 is 15.9 Å². The van der Waals surface area contributed by atoms with Crippen LogP contribution in [0, 0.1) is 0 Å². The minimum Gasteiger partial charge on any atom is -0.482 e. The second-order valence-electron chi connectivity index (χ2n) is 6.91. The molecule has 2 aliphatic heterocycles. The van der Waals surface area contributed by atoms with Crippen molar-refractivity contribution in [3.05, 3.63) is 40.5 Å². The highest BCUT2D eigenvalue weighted by Crippen LogP contribution is 2.34. The number of rotatable bonds is 3. The number of anilines is 2. The lowest BCUT2D eigenvalue weighted by Gasteiger charge is -2.38. The molecule has 9 heteroatoms. The molecule has 0 spiro atoms. The largest absolute Gasteiger partial charge is 0.482 e. The van der Waals surface area contributed by atoms with Crippen molar-refractivity contribution in [2.75, 3.05) is 37.0 Å². The summed E-state index contributed by atoms with van der Waals surface area (Å²) in [4.78, 5) is 28.6. The van der Waals surface area contributed by atoms with E-state index >= 15 is 0 Å². The highest BCUT2D eigenvalue weighted by Gasteiger charge is 2.29. The lowest BCUT2D eigenvalue weighted by molar-refractivity contribution is -0.118. The number of piperidine rings is 1. The zero-order chi connectivity index (χ0) is 19.7. The van der Waals surface area contributed by atoms with Gasteiger partial charge in [-0.3, -0.25) is 9.59 Å². The quantitative estimate of drug-likeness (QED) is 0.779. The zero-order valence-corrected chi connectivity index (χ0v) is 17.0. The lowest BCUT2D eigenvalue weighted by Crippen LogP contribution is -2.49. The van der Waals surface area contributed by atoms with Gasteiger partial charge in [0.25, 0.3) is 11.8 Å². The summed E-state index contributed by atoms with van der Waals surface area (Å²) in [7, 11) is 1.82. The average molecular weight is 446 g/mol. The van der Waals surface area contributed by atoms with Gasteiger partial charge in [0.05, 0.1) is 11.3 Å². The first kappa shape index (κ1) is 18.7. The Bertz CT molecular complexity index is 908. The van der Waals surface area contributed by atoms with Crippen LogP contribution in [0.1, 0.15) is 23.2 Å². The molecule has 2 amide bonds. The third-order valence-electron chi connectivity index (χ3n) is 5.08. The molecule has 2 aromatic rings. The molecule has 146 valence electrons. The number of hydrogen-bond acceptors (Lipinski definition) is 6. The molecule has 4 rings (SSSR count). The van der Waals surface area contributed by atoms with Gasteiger partial charge in [-0.05, 0) is 53.0 Å². The average Bonchev–Trinajstić information content (AvgIpc) is 2.73. The summed E-state index contributed by atoms with van der Waals surface area (Å²) in [6.45, 7) is 1.55. The molecule has 1 aromatic heterocycles. The molecule has 0 bridgehead atoms. The van der Waals surface area contributed by atoms with Crippen molar-refractivity contribution in [2.45, 2.75) is 18.9 Å². The molecular formula is C19H20BrN5O3. The Balaban J connectivity index is 1.52. The lowest BCUT2D eigenvalue weighted by atomic mass is 10.0. The van der Waals surface area contributed by atoms with Crippen LogP contribution in [0.3, 0.4) is 0 Å². The first-order valence-corrected chi connectivity index (χ1v) is 9.88. The van der Waals surface area contributed by atoms with E-state index in [-0.39, 0.29) is 24.5 Å². The number of nitrogens with one attached hydrogen (secondary N) is 1. The molecule has 28 heavy (non-hydrogen) atoms. The van der Waals surface area contributed by atoms with E-state index in [1.165, 1.54) is 0 Å². The summed E-state index contributed by atoms with van der Waals surface area (Å²) in [6.07, 6.45) is 3.55. The Morgan fingerprint density at radius 1 is 1.43 bits per heavy atom. The third kappa shape index (κ3) is 3.66. The zero-order valence-electron chi connectivity index (χ0n) is 15.4. The SMILES string of the molecule is CN(C(=O)c1cc2c(cc1Br)NC(=O)CO2)C1CCCN(c2cccnn2)C1. The van der Waals surface area contributed by atoms with Gasteiger partial charge >= 0.3 is 0 Å². The van der Waals surface area contributed by atoms with Gasteiger partial charge in [-0.2, -0.15) is 5.10 Å². The van der Waals surface area contributed by atoms with E-state index in [0.29, 0.717) is 28.0 Å². The van der Waals surface area contributed by atoms with Crippen LogP contribution in [0.2, 0.25) is 0 Å². The summed E-state index contributed by atoms with van der Waals surface area (Å²) in [5.41, 5.74) is 1.07. The van der Waals surface area contributed by atoms with Gasteiger partial charge < -0.3 is 19.9 Å². The summed E-state index contributed by atoms with van der Waals surface area (Å²) < 4.78 is 6.08. The fourth-order valence-corrected chi connectivity index (χ4v) is 4.07. The molecule has 1 unspecified atom stereocenters. The summed E-state index contributed by atoms with van der Waals surface area (Å²) in [5.74, 6) is 1.03. The molecule has 0 aliphatic carbocycles. The number of fused-ring (bicyclic) bond motifs is 1. The Morgan fingerprint density at radius 3 is 3.07 bits per heavy atom. The Morgan fingerprint density at radius 2 is 2.29 bits per heavy atom. The van der Waals surface area contributed by atoms with Crippen molar-refractivity contribution >= 4 is 39.2 Å². The topological polar surface area (TPSA) is 87.7 Å². The Labute approximate surface area is 171 Å².